The summed E-state index contributed by atoms with van der Waals surface area (Å²) in [6, 6.07) is 14.1. The summed E-state index contributed by atoms with van der Waals surface area (Å²) in [5, 5.41) is 5.61. The molecule has 0 unspecified atom stereocenters. The number of imidazole rings is 1. The molecule has 4 heterocycles. The summed E-state index contributed by atoms with van der Waals surface area (Å²) in [5.74, 6) is -3.57. The van der Waals surface area contributed by atoms with Crippen LogP contribution in [-0.2, 0) is 32.2 Å². The Kier molecular flexibility index (Phi) is 7.73. The monoisotopic (exact) mass is 616 g/mol. The number of hydrogen-bond donors (Lipinski definition) is 2. The van der Waals surface area contributed by atoms with E-state index in [2.05, 4.69) is 25.5 Å². The largest absolute Gasteiger partial charge is 0.345 e. The summed E-state index contributed by atoms with van der Waals surface area (Å²) >= 11 is 0. The molecule has 0 bridgehead atoms. The van der Waals surface area contributed by atoms with Crippen molar-refractivity contribution in [1.29, 1.82) is 0 Å². The molecule has 1 aromatic carbocycles. The highest BCUT2D eigenvalue weighted by atomic mass is 19.3. The van der Waals surface area contributed by atoms with Crippen molar-refractivity contribution in [3.63, 3.8) is 0 Å². The van der Waals surface area contributed by atoms with Crippen LogP contribution in [0.2, 0.25) is 0 Å². The van der Waals surface area contributed by atoms with Crippen LogP contribution < -0.4 is 10.6 Å². The number of amides is 3. The summed E-state index contributed by atoms with van der Waals surface area (Å²) in [7, 11) is 5.16. The minimum atomic E-state index is -2.79. The summed E-state index contributed by atoms with van der Waals surface area (Å²) in [6.45, 7) is 1.56. The van der Waals surface area contributed by atoms with E-state index in [1.54, 1.807) is 68.3 Å². The zero-order valence-electron chi connectivity index (χ0n) is 25.3. The molecule has 1 saturated carbocycles. The number of aryl methyl sites for hydroxylation is 1. The number of pyridine rings is 1. The van der Waals surface area contributed by atoms with Crippen molar-refractivity contribution >= 4 is 23.4 Å². The van der Waals surface area contributed by atoms with E-state index in [0.717, 1.165) is 5.56 Å². The highest BCUT2D eigenvalue weighted by molar-refractivity contribution is 6.02. The van der Waals surface area contributed by atoms with Gasteiger partial charge < -0.3 is 24.7 Å². The van der Waals surface area contributed by atoms with Crippen LogP contribution >= 0.6 is 0 Å². The smallest absolute Gasteiger partial charge is 0.275 e. The number of nitrogens with zero attached hydrogens (tertiary/aromatic N) is 6. The van der Waals surface area contributed by atoms with Gasteiger partial charge in [0, 0.05) is 71.1 Å². The molecule has 0 radical (unpaired) electrons. The second-order valence-corrected chi connectivity index (χ2v) is 11.9. The van der Waals surface area contributed by atoms with Crippen LogP contribution in [0.1, 0.15) is 61.1 Å². The molecule has 2 aliphatic rings. The first-order valence-electron chi connectivity index (χ1n) is 14.6. The van der Waals surface area contributed by atoms with Gasteiger partial charge in [0.2, 0.25) is 0 Å². The van der Waals surface area contributed by atoms with E-state index in [1.165, 1.54) is 17.4 Å². The molecule has 13 heteroatoms. The topological polar surface area (TPSA) is 117 Å². The first-order valence-corrected chi connectivity index (χ1v) is 14.6. The minimum absolute atomic E-state index is 0.101. The molecule has 2 N–H and O–H groups in total. The van der Waals surface area contributed by atoms with Gasteiger partial charge in [0.15, 0.2) is 0 Å². The van der Waals surface area contributed by atoms with Gasteiger partial charge >= 0.3 is 0 Å². The third-order valence-corrected chi connectivity index (χ3v) is 8.42. The number of anilines is 1. The Labute approximate surface area is 258 Å². The van der Waals surface area contributed by atoms with Crippen LogP contribution in [0.15, 0.2) is 67.3 Å². The number of benzene rings is 1. The number of carbonyl (C=O) groups is 3. The Bertz CT molecular complexity index is 1740. The highest BCUT2D eigenvalue weighted by Crippen LogP contribution is 2.57. The lowest BCUT2D eigenvalue weighted by atomic mass is 9.68. The Morgan fingerprint density at radius 3 is 2.33 bits per heavy atom. The van der Waals surface area contributed by atoms with Gasteiger partial charge in [0.25, 0.3) is 23.6 Å². The van der Waals surface area contributed by atoms with Gasteiger partial charge in [-0.25, -0.2) is 13.8 Å². The zero-order valence-corrected chi connectivity index (χ0v) is 25.3. The maximum atomic E-state index is 14.5. The summed E-state index contributed by atoms with van der Waals surface area (Å²) in [6.07, 6.45) is 4.00. The maximum absolute atomic E-state index is 14.5. The molecule has 3 amide bonds. The standard InChI is InChI=1S/C32H34F2N8O3/c1-39(2)30(45)22-6-4-21(5-7-22)16-41-12-13-42-26(10-11-27(42)31(41)18-32(33,34)19-31)29(44)36-14-23-8-9-24(15-35-23)38-28(43)25-17-40(3)20-37-25/h4-11,15,17,20H,12-14,16,18-19H2,1-3H3,(H,36,44)(H,38,43). The average molecular weight is 617 g/mol. The number of rotatable bonds is 8. The van der Waals surface area contributed by atoms with Crippen molar-refractivity contribution in [1.82, 2.24) is 34.2 Å². The van der Waals surface area contributed by atoms with Crippen LogP contribution in [0.5, 0.6) is 0 Å². The number of halogens is 2. The fourth-order valence-electron chi connectivity index (χ4n) is 6.17. The van der Waals surface area contributed by atoms with E-state index < -0.39 is 11.5 Å². The predicted octanol–water partition coefficient (Wildman–Crippen LogP) is 3.64. The fourth-order valence-corrected chi connectivity index (χ4v) is 6.17. The van der Waals surface area contributed by atoms with Gasteiger partial charge in [0.1, 0.15) is 11.4 Å². The zero-order chi connectivity index (χ0) is 31.9. The first kappa shape index (κ1) is 30.1. The van der Waals surface area contributed by atoms with Gasteiger partial charge in [0.05, 0.1) is 36.0 Å². The van der Waals surface area contributed by atoms with E-state index in [0.29, 0.717) is 48.0 Å². The van der Waals surface area contributed by atoms with Crippen LogP contribution in [0, 0.1) is 0 Å². The molecule has 1 fully saturated rings. The third kappa shape index (κ3) is 5.95. The maximum Gasteiger partial charge on any atom is 0.275 e. The molecule has 1 aliphatic carbocycles. The van der Waals surface area contributed by atoms with Crippen molar-refractivity contribution in [3.05, 3.63) is 101 Å². The molecule has 11 nitrogen and oxygen atoms in total. The summed E-state index contributed by atoms with van der Waals surface area (Å²) in [4.78, 5) is 49.8. The molecule has 234 valence electrons. The molecule has 0 saturated heterocycles. The normalized spacial score (nSPS) is 16.5. The van der Waals surface area contributed by atoms with Crippen molar-refractivity contribution in [3.8, 4) is 0 Å². The van der Waals surface area contributed by atoms with Gasteiger partial charge in [-0.2, -0.15) is 0 Å². The molecule has 3 aromatic heterocycles. The summed E-state index contributed by atoms with van der Waals surface area (Å²) < 4.78 is 32.4. The van der Waals surface area contributed by atoms with Gasteiger partial charge in [-0.3, -0.25) is 24.3 Å². The van der Waals surface area contributed by atoms with Crippen molar-refractivity contribution in [2.45, 2.75) is 43.9 Å². The van der Waals surface area contributed by atoms with E-state index in [-0.39, 0.29) is 42.8 Å². The molecular weight excluding hydrogens is 582 g/mol. The molecule has 6 rings (SSSR count). The van der Waals surface area contributed by atoms with E-state index in [1.807, 2.05) is 16.7 Å². The van der Waals surface area contributed by atoms with Crippen molar-refractivity contribution in [2.24, 2.45) is 7.05 Å². The number of carbonyl (C=O) groups excluding carboxylic acids is 3. The lowest BCUT2D eigenvalue weighted by Crippen LogP contribution is -2.63. The Hall–Kier alpha value is -4.91. The van der Waals surface area contributed by atoms with Crippen LogP contribution in [0.4, 0.5) is 14.5 Å². The number of alkyl halides is 2. The molecule has 1 aliphatic heterocycles. The fraction of sp³-hybridized carbons (Fsp3) is 0.344. The molecule has 4 aromatic rings. The predicted molar refractivity (Wildman–Crippen MR) is 162 cm³/mol. The molecule has 1 spiro atoms. The second kappa shape index (κ2) is 11.5. The quantitative estimate of drug-likeness (QED) is 0.312. The van der Waals surface area contributed by atoms with Gasteiger partial charge in [-0.1, -0.05) is 12.1 Å². The van der Waals surface area contributed by atoms with Crippen LogP contribution in [-0.4, -0.2) is 73.2 Å². The lowest BCUT2D eigenvalue weighted by molar-refractivity contribution is -0.192. The average Bonchev–Trinajstić information content (AvgIpc) is 3.64. The molecule has 0 atom stereocenters. The van der Waals surface area contributed by atoms with E-state index >= 15 is 0 Å². The number of aromatic nitrogens is 4. The van der Waals surface area contributed by atoms with Crippen molar-refractivity contribution < 1.29 is 23.2 Å². The van der Waals surface area contributed by atoms with Crippen molar-refractivity contribution in [2.75, 3.05) is 26.0 Å². The Morgan fingerprint density at radius 2 is 1.71 bits per heavy atom. The lowest BCUT2D eigenvalue weighted by Gasteiger charge is -2.56. The highest BCUT2D eigenvalue weighted by Gasteiger charge is 2.62. The Balaban J connectivity index is 1.12. The molecular formula is C32H34F2N8O3. The van der Waals surface area contributed by atoms with Crippen LogP contribution in [0.25, 0.3) is 0 Å². The second-order valence-electron chi connectivity index (χ2n) is 11.9. The SMILES string of the molecule is CN(C)C(=O)c1ccc(CN2CCn3c(C(=O)NCc4ccc(NC(=O)c5cn(C)cn5)cn4)ccc3C23CC(F)(F)C3)cc1. The van der Waals surface area contributed by atoms with Gasteiger partial charge in [-0.15, -0.1) is 0 Å². The minimum Gasteiger partial charge on any atom is -0.345 e. The summed E-state index contributed by atoms with van der Waals surface area (Å²) in [5.41, 5.74) is 3.07. The Morgan fingerprint density at radius 1 is 0.956 bits per heavy atom. The van der Waals surface area contributed by atoms with E-state index in [9.17, 15) is 23.2 Å². The number of nitrogens with one attached hydrogen (secondary N) is 2. The van der Waals surface area contributed by atoms with E-state index in [4.69, 9.17) is 0 Å². The molecule has 45 heavy (non-hydrogen) atoms. The first-order chi connectivity index (χ1) is 21.4. The van der Waals surface area contributed by atoms with Gasteiger partial charge in [-0.05, 0) is 42.0 Å². The number of hydrogen-bond acceptors (Lipinski definition) is 6. The van der Waals surface area contributed by atoms with Crippen LogP contribution in [0.3, 0.4) is 0 Å². The number of fused-ring (bicyclic) bond motifs is 2. The third-order valence-electron chi connectivity index (χ3n) is 8.42.